The van der Waals surface area contributed by atoms with Crippen LogP contribution < -0.4 is 15.4 Å². The second kappa shape index (κ2) is 9.55. The van der Waals surface area contributed by atoms with Crippen LogP contribution in [-0.2, 0) is 12.8 Å². The van der Waals surface area contributed by atoms with Crippen LogP contribution in [0.4, 0.5) is 9.18 Å². The Bertz CT molecular complexity index is 661. The van der Waals surface area contributed by atoms with Gasteiger partial charge in [0.05, 0.1) is 6.54 Å². The van der Waals surface area contributed by atoms with Gasteiger partial charge >= 0.3 is 6.03 Å². The van der Waals surface area contributed by atoms with Gasteiger partial charge in [0.1, 0.15) is 18.2 Å². The lowest BCUT2D eigenvalue weighted by atomic mass is 10.1. The molecule has 0 aliphatic carbocycles. The van der Waals surface area contributed by atoms with Gasteiger partial charge in [-0.3, -0.25) is 0 Å². The molecule has 0 saturated heterocycles. The summed E-state index contributed by atoms with van der Waals surface area (Å²) in [5.41, 5.74) is 1.81. The molecule has 2 aromatic carbocycles. The first-order valence-corrected chi connectivity index (χ1v) is 8.16. The smallest absolute Gasteiger partial charge is 0.314 e. The molecule has 2 rings (SSSR count). The highest BCUT2D eigenvalue weighted by molar-refractivity contribution is 5.73. The van der Waals surface area contributed by atoms with Crippen molar-refractivity contribution in [2.75, 3.05) is 19.7 Å². The molecule has 2 aromatic rings. The number of halogens is 1. The predicted molar refractivity (Wildman–Crippen MR) is 92.8 cm³/mol. The number of aryl methyl sites for hydroxylation is 1. The van der Waals surface area contributed by atoms with Crippen molar-refractivity contribution in [3.8, 4) is 5.75 Å². The molecular formula is C19H23FN2O2. The zero-order valence-corrected chi connectivity index (χ0v) is 13.8. The van der Waals surface area contributed by atoms with E-state index in [2.05, 4.69) is 17.6 Å². The van der Waals surface area contributed by atoms with Crippen molar-refractivity contribution in [3.63, 3.8) is 0 Å². The van der Waals surface area contributed by atoms with Crippen LogP contribution in [0.2, 0.25) is 0 Å². The van der Waals surface area contributed by atoms with Crippen LogP contribution in [0, 0.1) is 5.82 Å². The van der Waals surface area contributed by atoms with Gasteiger partial charge < -0.3 is 15.4 Å². The molecule has 0 unspecified atom stereocenters. The van der Waals surface area contributed by atoms with Crippen molar-refractivity contribution in [1.82, 2.24) is 10.6 Å². The Hall–Kier alpha value is -2.56. The van der Waals surface area contributed by atoms with Crippen molar-refractivity contribution in [2.24, 2.45) is 0 Å². The van der Waals surface area contributed by atoms with E-state index >= 15 is 0 Å². The standard InChI is InChI=1S/C19H23FN2O2/c1-2-15-6-5-8-17(14-15)24-13-12-22-19(23)21-11-10-16-7-3-4-9-18(16)20/h3-9,14H,2,10-13H2,1H3,(H2,21,22,23). The number of rotatable bonds is 8. The molecule has 4 nitrogen and oxygen atoms in total. The van der Waals surface area contributed by atoms with Gasteiger partial charge in [-0.05, 0) is 42.2 Å². The van der Waals surface area contributed by atoms with Gasteiger partial charge in [-0.2, -0.15) is 0 Å². The molecule has 0 heterocycles. The largest absolute Gasteiger partial charge is 0.492 e. The summed E-state index contributed by atoms with van der Waals surface area (Å²) in [5, 5.41) is 5.42. The van der Waals surface area contributed by atoms with Gasteiger partial charge in [0.15, 0.2) is 0 Å². The number of nitrogens with one attached hydrogen (secondary N) is 2. The second-order valence-electron chi connectivity index (χ2n) is 5.37. The molecule has 0 fully saturated rings. The number of hydrogen-bond acceptors (Lipinski definition) is 2. The third kappa shape index (κ3) is 5.91. The van der Waals surface area contributed by atoms with Crippen molar-refractivity contribution in [1.29, 1.82) is 0 Å². The van der Waals surface area contributed by atoms with Crippen LogP contribution in [0.25, 0.3) is 0 Å². The summed E-state index contributed by atoms with van der Waals surface area (Å²) in [5.74, 6) is 0.554. The summed E-state index contributed by atoms with van der Waals surface area (Å²) in [6, 6.07) is 14.2. The first-order valence-electron chi connectivity index (χ1n) is 8.16. The van der Waals surface area contributed by atoms with E-state index in [-0.39, 0.29) is 11.8 Å². The van der Waals surface area contributed by atoms with Crippen molar-refractivity contribution >= 4 is 6.03 Å². The summed E-state index contributed by atoms with van der Waals surface area (Å²) < 4.78 is 19.0. The average molecular weight is 330 g/mol. The molecule has 0 aromatic heterocycles. The minimum absolute atomic E-state index is 0.248. The Labute approximate surface area is 142 Å². The quantitative estimate of drug-likeness (QED) is 0.730. The second-order valence-corrected chi connectivity index (χ2v) is 5.37. The fourth-order valence-electron chi connectivity index (χ4n) is 2.26. The lowest BCUT2D eigenvalue weighted by Gasteiger charge is -2.10. The van der Waals surface area contributed by atoms with Crippen LogP contribution in [0.3, 0.4) is 0 Å². The first-order chi connectivity index (χ1) is 11.7. The van der Waals surface area contributed by atoms with Crippen molar-refractivity contribution in [3.05, 3.63) is 65.5 Å². The molecule has 0 atom stereocenters. The third-order valence-electron chi connectivity index (χ3n) is 3.60. The Morgan fingerprint density at radius 1 is 1.08 bits per heavy atom. The number of ether oxygens (including phenoxy) is 1. The monoisotopic (exact) mass is 330 g/mol. The number of hydrogen-bond donors (Lipinski definition) is 2. The highest BCUT2D eigenvalue weighted by atomic mass is 19.1. The summed E-state index contributed by atoms with van der Waals surface area (Å²) >= 11 is 0. The third-order valence-corrected chi connectivity index (χ3v) is 3.60. The van der Waals surface area contributed by atoms with E-state index in [1.54, 1.807) is 18.2 Å². The van der Waals surface area contributed by atoms with Crippen molar-refractivity contribution < 1.29 is 13.9 Å². The van der Waals surface area contributed by atoms with E-state index in [1.807, 2.05) is 24.3 Å². The maximum Gasteiger partial charge on any atom is 0.314 e. The number of urea groups is 1. The van der Waals surface area contributed by atoms with Crippen LogP contribution in [0.15, 0.2) is 48.5 Å². The molecule has 0 saturated carbocycles. The molecule has 128 valence electrons. The summed E-state index contributed by atoms with van der Waals surface area (Å²) in [7, 11) is 0. The summed E-state index contributed by atoms with van der Waals surface area (Å²) in [4.78, 5) is 11.7. The molecule has 0 bridgehead atoms. The van der Waals surface area contributed by atoms with Crippen LogP contribution in [0.5, 0.6) is 5.75 Å². The van der Waals surface area contributed by atoms with Crippen molar-refractivity contribution in [2.45, 2.75) is 19.8 Å². The minimum atomic E-state index is -0.280. The Kier molecular flexibility index (Phi) is 7.08. The van der Waals surface area contributed by atoms with Gasteiger partial charge in [0.2, 0.25) is 0 Å². The maximum absolute atomic E-state index is 13.4. The summed E-state index contributed by atoms with van der Waals surface area (Å²) in [6.07, 6.45) is 1.42. The minimum Gasteiger partial charge on any atom is -0.492 e. The van der Waals surface area contributed by atoms with Gasteiger partial charge in [0, 0.05) is 6.54 Å². The topological polar surface area (TPSA) is 50.4 Å². The fraction of sp³-hybridized carbons (Fsp3) is 0.316. The SMILES string of the molecule is CCc1cccc(OCCNC(=O)NCCc2ccccc2F)c1. The Morgan fingerprint density at radius 2 is 1.88 bits per heavy atom. The van der Waals surface area contributed by atoms with Gasteiger partial charge in [-0.1, -0.05) is 37.3 Å². The Balaban J connectivity index is 1.60. The Morgan fingerprint density at radius 3 is 2.67 bits per heavy atom. The average Bonchev–Trinajstić information content (AvgIpc) is 2.60. The normalized spacial score (nSPS) is 10.2. The van der Waals surface area contributed by atoms with E-state index in [0.29, 0.717) is 31.7 Å². The lowest BCUT2D eigenvalue weighted by Crippen LogP contribution is -2.38. The highest BCUT2D eigenvalue weighted by Gasteiger charge is 2.03. The molecular weight excluding hydrogens is 307 g/mol. The van der Waals surface area contributed by atoms with Gasteiger partial charge in [-0.15, -0.1) is 0 Å². The highest BCUT2D eigenvalue weighted by Crippen LogP contribution is 2.13. The summed E-state index contributed by atoms with van der Waals surface area (Å²) in [6.45, 7) is 3.27. The number of carbonyl (C=O) groups excluding carboxylic acids is 1. The molecule has 2 amide bonds. The molecule has 0 aliphatic rings. The van der Waals surface area contributed by atoms with E-state index in [4.69, 9.17) is 4.74 Å². The number of amides is 2. The molecule has 0 aliphatic heterocycles. The van der Waals surface area contributed by atoms with Gasteiger partial charge in [0.25, 0.3) is 0 Å². The zero-order valence-electron chi connectivity index (χ0n) is 13.8. The molecule has 24 heavy (non-hydrogen) atoms. The number of carbonyl (C=O) groups is 1. The first kappa shape index (κ1) is 17.8. The molecule has 5 heteroatoms. The van der Waals surface area contributed by atoms with E-state index in [9.17, 15) is 9.18 Å². The van der Waals surface area contributed by atoms with Crippen LogP contribution >= 0.6 is 0 Å². The van der Waals surface area contributed by atoms with E-state index < -0.39 is 0 Å². The molecule has 0 radical (unpaired) electrons. The lowest BCUT2D eigenvalue weighted by molar-refractivity contribution is 0.236. The number of benzene rings is 2. The van der Waals surface area contributed by atoms with Crippen LogP contribution in [-0.4, -0.2) is 25.7 Å². The zero-order chi connectivity index (χ0) is 17.2. The van der Waals surface area contributed by atoms with E-state index in [1.165, 1.54) is 11.6 Å². The molecule has 2 N–H and O–H groups in total. The maximum atomic E-state index is 13.4. The molecule has 0 spiro atoms. The fourth-order valence-corrected chi connectivity index (χ4v) is 2.26. The van der Waals surface area contributed by atoms with Gasteiger partial charge in [-0.25, -0.2) is 9.18 Å². The van der Waals surface area contributed by atoms with E-state index in [0.717, 1.165) is 12.2 Å². The van der Waals surface area contributed by atoms with Crippen LogP contribution in [0.1, 0.15) is 18.1 Å². The predicted octanol–water partition coefficient (Wildman–Crippen LogP) is 3.31.